The minimum Gasteiger partial charge on any atom is -0.407 e. The van der Waals surface area contributed by atoms with E-state index < -0.39 is 11.1 Å². The van der Waals surface area contributed by atoms with E-state index in [0.717, 1.165) is 0 Å². The Morgan fingerprint density at radius 2 is 2.00 bits per heavy atom. The minimum absolute atomic E-state index is 0.0833. The number of hydrogen-bond acceptors (Lipinski definition) is 6. The summed E-state index contributed by atoms with van der Waals surface area (Å²) < 4.78 is 14.1. The van der Waals surface area contributed by atoms with E-state index in [-0.39, 0.29) is 18.2 Å². The molecule has 0 saturated heterocycles. The van der Waals surface area contributed by atoms with Crippen molar-refractivity contribution in [3.05, 3.63) is 34.4 Å². The van der Waals surface area contributed by atoms with Crippen LogP contribution in [0.2, 0.25) is 0 Å². The lowest BCUT2D eigenvalue weighted by atomic mass is 10.3. The molecule has 7 nitrogen and oxygen atoms in total. The Labute approximate surface area is 97.0 Å². The first kappa shape index (κ1) is 12.9. The van der Waals surface area contributed by atoms with Crippen LogP contribution in [0.1, 0.15) is 6.92 Å². The van der Waals surface area contributed by atoms with Crippen LogP contribution in [-0.4, -0.2) is 24.5 Å². The molecule has 0 aromatic heterocycles. The zero-order valence-corrected chi connectivity index (χ0v) is 9.12. The fourth-order valence-corrected chi connectivity index (χ4v) is 0.935. The van der Waals surface area contributed by atoms with Crippen LogP contribution in [0.25, 0.3) is 0 Å². The molecule has 0 unspecified atom stereocenters. The van der Waals surface area contributed by atoms with Crippen LogP contribution in [0.5, 0.6) is 5.75 Å². The van der Waals surface area contributed by atoms with Gasteiger partial charge in [0, 0.05) is 18.7 Å². The number of carbonyl (C=O) groups is 1. The topological polar surface area (TPSA) is 87.9 Å². The third-order valence-corrected chi connectivity index (χ3v) is 1.71. The fraction of sp³-hybridized carbons (Fsp3) is 0.300. The number of non-ortho nitro benzene ring substituents is 1. The SMILES string of the molecule is CCOCOC(=O)Oc1ccc([N+](=O)[O-])cc1. The summed E-state index contributed by atoms with van der Waals surface area (Å²) in [6, 6.07) is 5.07. The van der Waals surface area contributed by atoms with Crippen molar-refractivity contribution in [3.63, 3.8) is 0 Å². The number of nitro benzene ring substituents is 1. The van der Waals surface area contributed by atoms with E-state index in [2.05, 4.69) is 4.74 Å². The first-order chi connectivity index (χ1) is 8.13. The molecule has 0 amide bonds. The van der Waals surface area contributed by atoms with Crippen LogP contribution < -0.4 is 4.74 Å². The van der Waals surface area contributed by atoms with Crippen molar-refractivity contribution >= 4 is 11.8 Å². The number of benzene rings is 1. The molecular weight excluding hydrogens is 230 g/mol. The van der Waals surface area contributed by atoms with Crippen LogP contribution in [0.15, 0.2) is 24.3 Å². The number of nitro groups is 1. The Bertz CT molecular complexity index is 388. The molecule has 0 aliphatic heterocycles. The lowest BCUT2D eigenvalue weighted by Gasteiger charge is -2.05. The van der Waals surface area contributed by atoms with Crippen molar-refractivity contribution in [1.82, 2.24) is 0 Å². The normalized spacial score (nSPS) is 9.71. The maximum Gasteiger partial charge on any atom is 0.515 e. The lowest BCUT2D eigenvalue weighted by Crippen LogP contribution is -2.12. The number of carbonyl (C=O) groups excluding carboxylic acids is 1. The van der Waals surface area contributed by atoms with E-state index in [4.69, 9.17) is 9.47 Å². The molecule has 17 heavy (non-hydrogen) atoms. The molecule has 0 aliphatic carbocycles. The number of hydrogen-bond donors (Lipinski definition) is 0. The Kier molecular flexibility index (Phi) is 4.89. The quantitative estimate of drug-likeness (QED) is 0.196. The Morgan fingerprint density at radius 1 is 1.35 bits per heavy atom. The van der Waals surface area contributed by atoms with Crippen LogP contribution in [0.3, 0.4) is 0 Å². The van der Waals surface area contributed by atoms with Crippen LogP contribution >= 0.6 is 0 Å². The summed E-state index contributed by atoms with van der Waals surface area (Å²) in [5, 5.41) is 10.4. The van der Waals surface area contributed by atoms with Crippen LogP contribution in [-0.2, 0) is 9.47 Å². The van der Waals surface area contributed by atoms with Crippen molar-refractivity contribution in [2.75, 3.05) is 13.4 Å². The van der Waals surface area contributed by atoms with Crippen molar-refractivity contribution < 1.29 is 23.9 Å². The van der Waals surface area contributed by atoms with Gasteiger partial charge in [-0.05, 0) is 19.1 Å². The van der Waals surface area contributed by atoms with Crippen molar-refractivity contribution in [1.29, 1.82) is 0 Å². The van der Waals surface area contributed by atoms with Gasteiger partial charge in [-0.15, -0.1) is 0 Å². The average Bonchev–Trinajstić information content (AvgIpc) is 2.30. The summed E-state index contributed by atoms with van der Waals surface area (Å²) in [4.78, 5) is 20.9. The maximum absolute atomic E-state index is 11.0. The second-order valence-electron chi connectivity index (χ2n) is 2.86. The second-order valence-corrected chi connectivity index (χ2v) is 2.86. The first-order valence-corrected chi connectivity index (χ1v) is 4.80. The Hall–Kier alpha value is -2.15. The highest BCUT2D eigenvalue weighted by Gasteiger charge is 2.08. The molecule has 0 radical (unpaired) electrons. The molecule has 1 aromatic rings. The van der Waals surface area contributed by atoms with E-state index in [0.29, 0.717) is 6.61 Å². The Balaban J connectivity index is 2.46. The molecule has 0 saturated carbocycles. The molecule has 0 heterocycles. The van der Waals surface area contributed by atoms with Gasteiger partial charge in [-0.2, -0.15) is 0 Å². The summed E-state index contributed by atoms with van der Waals surface area (Å²) in [6.45, 7) is 1.98. The van der Waals surface area contributed by atoms with E-state index >= 15 is 0 Å². The lowest BCUT2D eigenvalue weighted by molar-refractivity contribution is -0.384. The summed E-state index contributed by atoms with van der Waals surface area (Å²) in [7, 11) is 0. The standard InChI is InChI=1S/C10H11NO6/c1-2-15-7-16-10(12)17-9-5-3-8(4-6-9)11(13)14/h3-6H,2,7H2,1H3. The first-order valence-electron chi connectivity index (χ1n) is 4.80. The summed E-state index contributed by atoms with van der Waals surface area (Å²) in [6.07, 6.45) is -0.924. The highest BCUT2D eigenvalue weighted by molar-refractivity contribution is 5.63. The van der Waals surface area contributed by atoms with Gasteiger partial charge in [0.1, 0.15) is 5.75 Å². The summed E-state index contributed by atoms with van der Waals surface area (Å²) in [5.41, 5.74) is -0.0833. The van der Waals surface area contributed by atoms with Gasteiger partial charge in [0.2, 0.25) is 0 Å². The van der Waals surface area contributed by atoms with Gasteiger partial charge in [-0.3, -0.25) is 10.1 Å². The van der Waals surface area contributed by atoms with E-state index in [9.17, 15) is 14.9 Å². The molecule has 0 N–H and O–H groups in total. The Morgan fingerprint density at radius 3 is 2.53 bits per heavy atom. The largest absolute Gasteiger partial charge is 0.515 e. The maximum atomic E-state index is 11.0. The molecule has 0 atom stereocenters. The van der Waals surface area contributed by atoms with E-state index in [1.807, 2.05) is 0 Å². The van der Waals surface area contributed by atoms with Gasteiger partial charge >= 0.3 is 6.16 Å². The van der Waals surface area contributed by atoms with Crippen LogP contribution in [0.4, 0.5) is 10.5 Å². The molecule has 92 valence electrons. The molecule has 0 aliphatic rings. The summed E-state index contributed by atoms with van der Waals surface area (Å²) >= 11 is 0. The molecular formula is C10H11NO6. The smallest absolute Gasteiger partial charge is 0.407 e. The minimum atomic E-state index is -0.924. The van der Waals surface area contributed by atoms with E-state index in [1.54, 1.807) is 6.92 Å². The molecule has 1 rings (SSSR count). The number of rotatable bonds is 5. The van der Waals surface area contributed by atoms with Gasteiger partial charge in [0.15, 0.2) is 6.79 Å². The average molecular weight is 241 g/mol. The zero-order chi connectivity index (χ0) is 12.7. The van der Waals surface area contributed by atoms with Gasteiger partial charge in [-0.1, -0.05) is 0 Å². The van der Waals surface area contributed by atoms with Crippen molar-refractivity contribution in [2.45, 2.75) is 6.92 Å². The predicted molar refractivity (Wildman–Crippen MR) is 56.7 cm³/mol. The predicted octanol–water partition coefficient (Wildman–Crippen LogP) is 2.10. The van der Waals surface area contributed by atoms with Gasteiger partial charge < -0.3 is 14.2 Å². The molecule has 0 spiro atoms. The third-order valence-electron chi connectivity index (χ3n) is 1.71. The molecule has 0 fully saturated rings. The number of ether oxygens (including phenoxy) is 3. The third kappa shape index (κ3) is 4.47. The molecule has 1 aromatic carbocycles. The van der Waals surface area contributed by atoms with Gasteiger partial charge in [-0.25, -0.2) is 4.79 Å². The highest BCUT2D eigenvalue weighted by atomic mass is 16.8. The second kappa shape index (κ2) is 6.44. The van der Waals surface area contributed by atoms with Crippen molar-refractivity contribution in [2.24, 2.45) is 0 Å². The van der Waals surface area contributed by atoms with Crippen molar-refractivity contribution in [3.8, 4) is 5.75 Å². The molecule has 0 bridgehead atoms. The van der Waals surface area contributed by atoms with Crippen LogP contribution in [0, 0.1) is 10.1 Å². The highest BCUT2D eigenvalue weighted by Crippen LogP contribution is 2.17. The number of nitrogens with zero attached hydrogens (tertiary/aromatic N) is 1. The fourth-order valence-electron chi connectivity index (χ4n) is 0.935. The van der Waals surface area contributed by atoms with Gasteiger partial charge in [0.05, 0.1) is 4.92 Å². The van der Waals surface area contributed by atoms with Gasteiger partial charge in [0.25, 0.3) is 5.69 Å². The molecule has 7 heteroatoms. The zero-order valence-electron chi connectivity index (χ0n) is 9.12. The van der Waals surface area contributed by atoms with E-state index in [1.165, 1.54) is 24.3 Å². The summed E-state index contributed by atoms with van der Waals surface area (Å²) in [5.74, 6) is 0.164. The monoisotopic (exact) mass is 241 g/mol.